The molecule has 180 valence electrons. The minimum atomic E-state index is -1.75. The van der Waals surface area contributed by atoms with Crippen LogP contribution in [0.2, 0.25) is 0 Å². The molecule has 0 radical (unpaired) electrons. The SMILES string of the molecule is CNC(=O)C(NC(=O)[C@H](CC(C)C)[C@H](O)C(=O)NO)C(C)(C)SCc1ccc(OC)cc1. The van der Waals surface area contributed by atoms with Crippen molar-refractivity contribution < 1.29 is 29.4 Å². The van der Waals surface area contributed by atoms with Gasteiger partial charge in [-0.1, -0.05) is 26.0 Å². The first-order valence-corrected chi connectivity index (χ1v) is 11.4. The van der Waals surface area contributed by atoms with Crippen LogP contribution in [-0.4, -0.2) is 59.1 Å². The van der Waals surface area contributed by atoms with Crippen LogP contribution in [0.15, 0.2) is 24.3 Å². The van der Waals surface area contributed by atoms with E-state index in [1.54, 1.807) is 7.11 Å². The number of benzene rings is 1. The van der Waals surface area contributed by atoms with E-state index in [0.29, 0.717) is 5.75 Å². The molecule has 0 saturated carbocycles. The highest BCUT2D eigenvalue weighted by molar-refractivity contribution is 7.99. The maximum atomic E-state index is 13.0. The molecule has 0 fully saturated rings. The Kier molecular flexibility index (Phi) is 11.0. The average molecular weight is 470 g/mol. The second kappa shape index (κ2) is 12.7. The lowest BCUT2D eigenvalue weighted by molar-refractivity contribution is -0.147. The van der Waals surface area contributed by atoms with E-state index in [2.05, 4.69) is 10.6 Å². The zero-order valence-electron chi connectivity index (χ0n) is 19.5. The Morgan fingerprint density at radius 3 is 2.16 bits per heavy atom. The summed E-state index contributed by atoms with van der Waals surface area (Å²) in [7, 11) is 3.07. The monoisotopic (exact) mass is 469 g/mol. The van der Waals surface area contributed by atoms with Crippen LogP contribution in [0, 0.1) is 11.8 Å². The zero-order chi connectivity index (χ0) is 24.5. The largest absolute Gasteiger partial charge is 0.497 e. The number of hydroxylamine groups is 1. The summed E-state index contributed by atoms with van der Waals surface area (Å²) in [4.78, 5) is 37.4. The summed E-state index contributed by atoms with van der Waals surface area (Å²) in [5.74, 6) is -1.91. The lowest BCUT2D eigenvalue weighted by Crippen LogP contribution is -2.58. The first-order chi connectivity index (χ1) is 15.0. The second-order valence-corrected chi connectivity index (χ2v) is 10.1. The van der Waals surface area contributed by atoms with Gasteiger partial charge in [0, 0.05) is 17.5 Å². The molecule has 0 bridgehead atoms. The van der Waals surface area contributed by atoms with Crippen LogP contribution in [0.25, 0.3) is 0 Å². The van der Waals surface area contributed by atoms with E-state index in [-0.39, 0.29) is 12.3 Å². The molecule has 0 aliphatic carbocycles. The Bertz CT molecular complexity index is 769. The number of ether oxygens (including phenoxy) is 1. The fraction of sp³-hybridized carbons (Fsp3) is 0.591. The van der Waals surface area contributed by atoms with Crippen molar-refractivity contribution in [3.05, 3.63) is 29.8 Å². The molecule has 0 spiro atoms. The number of rotatable bonds is 12. The van der Waals surface area contributed by atoms with E-state index in [0.717, 1.165) is 11.3 Å². The van der Waals surface area contributed by atoms with Gasteiger partial charge in [0.15, 0.2) is 0 Å². The van der Waals surface area contributed by atoms with E-state index in [1.165, 1.54) is 24.3 Å². The van der Waals surface area contributed by atoms with Crippen molar-refractivity contribution in [1.29, 1.82) is 0 Å². The lowest BCUT2D eigenvalue weighted by Gasteiger charge is -2.34. The molecule has 0 aliphatic heterocycles. The lowest BCUT2D eigenvalue weighted by atomic mass is 9.90. The smallest absolute Gasteiger partial charge is 0.272 e. The summed E-state index contributed by atoms with van der Waals surface area (Å²) in [5, 5.41) is 24.4. The minimum absolute atomic E-state index is 0.0113. The number of amides is 3. The molecule has 0 aromatic heterocycles. The maximum absolute atomic E-state index is 13.0. The first kappa shape index (κ1) is 27.7. The molecule has 1 aromatic carbocycles. The number of likely N-dealkylation sites (N-methyl/N-ethyl adjacent to an activating group) is 1. The number of carbonyl (C=O) groups is 3. The molecule has 3 atom stereocenters. The molecule has 0 saturated heterocycles. The van der Waals surface area contributed by atoms with E-state index in [9.17, 15) is 19.5 Å². The van der Waals surface area contributed by atoms with Gasteiger partial charge in [-0.25, -0.2) is 5.48 Å². The van der Waals surface area contributed by atoms with Crippen LogP contribution in [0.4, 0.5) is 0 Å². The highest BCUT2D eigenvalue weighted by Gasteiger charge is 2.40. The number of hydrogen-bond acceptors (Lipinski definition) is 7. The van der Waals surface area contributed by atoms with Crippen molar-refractivity contribution in [2.24, 2.45) is 11.8 Å². The Morgan fingerprint density at radius 2 is 1.69 bits per heavy atom. The van der Waals surface area contributed by atoms with Crippen molar-refractivity contribution in [3.63, 3.8) is 0 Å². The van der Waals surface area contributed by atoms with Crippen molar-refractivity contribution in [2.45, 2.75) is 56.8 Å². The van der Waals surface area contributed by atoms with Crippen LogP contribution in [0.3, 0.4) is 0 Å². The van der Waals surface area contributed by atoms with Gasteiger partial charge >= 0.3 is 0 Å². The standard InChI is InChI=1S/C22H35N3O6S/c1-13(2)11-16(17(26)20(28)25-30)19(27)24-18(21(29)23-5)22(3,4)32-12-14-7-9-15(31-6)10-8-14/h7-10,13,16-18,26,30H,11-12H2,1-6H3,(H,23,29)(H,24,27)(H,25,28)/t16-,17+,18?/m1/s1. The van der Waals surface area contributed by atoms with E-state index in [4.69, 9.17) is 9.94 Å². The third-order valence-electron chi connectivity index (χ3n) is 5.08. The van der Waals surface area contributed by atoms with Gasteiger partial charge in [0.2, 0.25) is 11.8 Å². The van der Waals surface area contributed by atoms with E-state index in [1.807, 2.05) is 52.0 Å². The van der Waals surface area contributed by atoms with Gasteiger partial charge in [0.25, 0.3) is 5.91 Å². The number of aliphatic hydroxyl groups is 1. The zero-order valence-corrected chi connectivity index (χ0v) is 20.3. The second-order valence-electron chi connectivity index (χ2n) is 8.45. The molecule has 32 heavy (non-hydrogen) atoms. The molecule has 0 heterocycles. The third kappa shape index (κ3) is 7.99. The normalized spacial score (nSPS) is 14.3. The summed E-state index contributed by atoms with van der Waals surface area (Å²) in [6.07, 6.45) is -1.55. The number of hydrogen-bond donors (Lipinski definition) is 5. The summed E-state index contributed by atoms with van der Waals surface area (Å²) in [6, 6.07) is 6.63. The molecule has 3 amide bonds. The van der Waals surface area contributed by atoms with Crippen molar-refractivity contribution >= 4 is 29.5 Å². The number of nitrogens with one attached hydrogen (secondary N) is 3. The van der Waals surface area contributed by atoms with Gasteiger partial charge in [-0.05, 0) is 43.9 Å². The number of methoxy groups -OCH3 is 1. The topological polar surface area (TPSA) is 137 Å². The van der Waals surface area contributed by atoms with Crippen LogP contribution < -0.4 is 20.9 Å². The summed E-state index contributed by atoms with van der Waals surface area (Å²) >= 11 is 1.49. The number of aliphatic hydroxyl groups excluding tert-OH is 1. The van der Waals surface area contributed by atoms with E-state index >= 15 is 0 Å². The van der Waals surface area contributed by atoms with Crippen molar-refractivity contribution in [2.75, 3.05) is 14.2 Å². The van der Waals surface area contributed by atoms with Crippen LogP contribution in [0.5, 0.6) is 5.75 Å². The van der Waals surface area contributed by atoms with Crippen LogP contribution in [-0.2, 0) is 20.1 Å². The summed E-state index contributed by atoms with van der Waals surface area (Å²) in [6.45, 7) is 7.37. The molecule has 10 heteroatoms. The average Bonchev–Trinajstić information content (AvgIpc) is 2.77. The Hall–Kier alpha value is -2.30. The quantitative estimate of drug-likeness (QED) is 0.231. The molecule has 1 aromatic rings. The van der Waals surface area contributed by atoms with Gasteiger partial charge in [-0.15, -0.1) is 11.8 Å². The number of thioether (sulfide) groups is 1. The maximum Gasteiger partial charge on any atom is 0.272 e. The van der Waals surface area contributed by atoms with Gasteiger partial charge < -0.3 is 20.5 Å². The minimum Gasteiger partial charge on any atom is -0.497 e. The van der Waals surface area contributed by atoms with Gasteiger partial charge in [0.05, 0.1) is 13.0 Å². The molecule has 0 aliphatic rings. The Balaban J connectivity index is 3.03. The summed E-state index contributed by atoms with van der Waals surface area (Å²) in [5.41, 5.74) is 2.40. The fourth-order valence-corrected chi connectivity index (χ4v) is 4.22. The van der Waals surface area contributed by atoms with Crippen molar-refractivity contribution in [3.8, 4) is 5.75 Å². The molecule has 5 N–H and O–H groups in total. The highest BCUT2D eigenvalue weighted by atomic mass is 32.2. The Morgan fingerprint density at radius 1 is 1.09 bits per heavy atom. The van der Waals surface area contributed by atoms with Gasteiger partial charge in [-0.2, -0.15) is 0 Å². The fourth-order valence-electron chi connectivity index (χ4n) is 3.16. The third-order valence-corrected chi connectivity index (χ3v) is 6.54. The summed E-state index contributed by atoms with van der Waals surface area (Å²) < 4.78 is 4.44. The van der Waals surface area contributed by atoms with Gasteiger partial charge in [-0.3, -0.25) is 19.6 Å². The predicted octanol–water partition coefficient (Wildman–Crippen LogP) is 1.47. The molecule has 1 rings (SSSR count). The Labute approximate surface area is 193 Å². The van der Waals surface area contributed by atoms with Crippen LogP contribution >= 0.6 is 11.8 Å². The molecular formula is C22H35N3O6S. The van der Waals surface area contributed by atoms with Crippen molar-refractivity contribution in [1.82, 2.24) is 16.1 Å². The number of carbonyl (C=O) groups excluding carboxylic acids is 3. The van der Waals surface area contributed by atoms with Crippen LogP contribution in [0.1, 0.15) is 39.7 Å². The highest BCUT2D eigenvalue weighted by Crippen LogP contribution is 2.32. The first-order valence-electron chi connectivity index (χ1n) is 10.4. The predicted molar refractivity (Wildman–Crippen MR) is 123 cm³/mol. The van der Waals surface area contributed by atoms with Gasteiger partial charge in [0.1, 0.15) is 17.9 Å². The van der Waals surface area contributed by atoms with E-state index < -0.39 is 40.5 Å². The molecule has 9 nitrogen and oxygen atoms in total. The molecule has 1 unspecified atom stereocenters. The molecular weight excluding hydrogens is 434 g/mol.